The lowest BCUT2D eigenvalue weighted by Gasteiger charge is -2.10. The Bertz CT molecular complexity index is 451. The summed E-state index contributed by atoms with van der Waals surface area (Å²) in [6.45, 7) is 0.646. The van der Waals surface area contributed by atoms with Crippen molar-refractivity contribution in [1.82, 2.24) is 5.32 Å². The number of aryl methyl sites for hydroxylation is 1. The number of hydrogen-bond donors (Lipinski definition) is 3. The number of aliphatic hydroxyl groups excluding tert-OH is 1. The third kappa shape index (κ3) is 4.44. The van der Waals surface area contributed by atoms with E-state index in [4.69, 9.17) is 10.5 Å². The van der Waals surface area contributed by atoms with Crippen LogP contribution in [0.1, 0.15) is 24.8 Å². The topological polar surface area (TPSA) is 84.6 Å². The van der Waals surface area contributed by atoms with Crippen molar-refractivity contribution in [3.8, 4) is 5.75 Å². The van der Waals surface area contributed by atoms with Crippen molar-refractivity contribution in [3.63, 3.8) is 0 Å². The molecule has 1 saturated carbocycles. The molecular weight excluding hydrogens is 268 g/mol. The summed E-state index contributed by atoms with van der Waals surface area (Å²) < 4.78 is 5.11. The van der Waals surface area contributed by atoms with Gasteiger partial charge in [-0.3, -0.25) is 4.79 Å². The van der Waals surface area contributed by atoms with Gasteiger partial charge >= 0.3 is 0 Å². The van der Waals surface area contributed by atoms with Crippen molar-refractivity contribution in [2.24, 2.45) is 11.7 Å². The summed E-state index contributed by atoms with van der Waals surface area (Å²) in [5, 5.41) is 12.5. The van der Waals surface area contributed by atoms with Crippen molar-refractivity contribution in [1.29, 1.82) is 0 Å². The van der Waals surface area contributed by atoms with E-state index in [1.807, 2.05) is 24.3 Å². The van der Waals surface area contributed by atoms with E-state index in [2.05, 4.69) is 5.32 Å². The molecule has 21 heavy (non-hydrogen) atoms. The van der Waals surface area contributed by atoms with Crippen LogP contribution in [0, 0.1) is 5.92 Å². The number of nitrogens with one attached hydrogen (secondary N) is 1. The van der Waals surface area contributed by atoms with E-state index in [9.17, 15) is 9.90 Å². The van der Waals surface area contributed by atoms with Crippen LogP contribution in [-0.2, 0) is 11.2 Å². The largest absolute Gasteiger partial charge is 0.497 e. The number of carbonyl (C=O) groups is 1. The molecule has 0 aliphatic heterocycles. The second-order valence-corrected chi connectivity index (χ2v) is 5.64. The maximum atomic E-state index is 11.9. The number of rotatable bonds is 6. The van der Waals surface area contributed by atoms with Gasteiger partial charge in [0.25, 0.3) is 0 Å². The lowest BCUT2D eigenvalue weighted by molar-refractivity contribution is -0.125. The summed E-state index contributed by atoms with van der Waals surface area (Å²) in [5.74, 6) is 0.718. The highest BCUT2D eigenvalue weighted by Gasteiger charge is 2.34. The van der Waals surface area contributed by atoms with Gasteiger partial charge in [0.15, 0.2) is 0 Å². The van der Waals surface area contributed by atoms with Crippen LogP contribution in [0.25, 0.3) is 0 Å². The molecule has 1 aliphatic rings. The summed E-state index contributed by atoms with van der Waals surface area (Å²) in [6.07, 6.45) is 2.31. The van der Waals surface area contributed by atoms with E-state index in [1.54, 1.807) is 7.11 Å². The van der Waals surface area contributed by atoms with Gasteiger partial charge in [-0.25, -0.2) is 0 Å². The van der Waals surface area contributed by atoms with Crippen LogP contribution in [0.3, 0.4) is 0 Å². The zero-order chi connectivity index (χ0) is 15.2. The molecule has 1 fully saturated rings. The number of carbonyl (C=O) groups excluding carboxylic acids is 1. The molecule has 0 saturated heterocycles. The minimum atomic E-state index is -0.542. The molecule has 1 amide bonds. The average Bonchev–Trinajstić information content (AvgIpc) is 2.84. The molecule has 0 bridgehead atoms. The van der Waals surface area contributed by atoms with E-state index in [1.165, 1.54) is 5.56 Å². The maximum Gasteiger partial charge on any atom is 0.223 e. The van der Waals surface area contributed by atoms with Crippen LogP contribution in [0.4, 0.5) is 0 Å². The Balaban J connectivity index is 1.66. The Labute approximate surface area is 125 Å². The normalized spacial score (nSPS) is 24.8. The Kier molecular flexibility index (Phi) is 5.59. The number of nitrogens with two attached hydrogens (primary N) is 1. The van der Waals surface area contributed by atoms with E-state index < -0.39 is 6.10 Å². The summed E-state index contributed by atoms with van der Waals surface area (Å²) in [4.78, 5) is 11.9. The third-order valence-corrected chi connectivity index (χ3v) is 4.05. The zero-order valence-electron chi connectivity index (χ0n) is 12.4. The predicted octanol–water partition coefficient (Wildman–Crippen LogP) is 0.842. The Hall–Kier alpha value is -1.59. The van der Waals surface area contributed by atoms with Gasteiger partial charge in [-0.2, -0.15) is 0 Å². The molecule has 0 spiro atoms. The minimum absolute atomic E-state index is 0.0109. The third-order valence-electron chi connectivity index (χ3n) is 4.05. The molecule has 116 valence electrons. The highest BCUT2D eigenvalue weighted by molar-refractivity contribution is 5.79. The fourth-order valence-electron chi connectivity index (χ4n) is 2.70. The van der Waals surface area contributed by atoms with E-state index in [0.717, 1.165) is 18.6 Å². The van der Waals surface area contributed by atoms with E-state index >= 15 is 0 Å². The molecule has 0 aromatic heterocycles. The van der Waals surface area contributed by atoms with Crippen LogP contribution in [0.2, 0.25) is 0 Å². The van der Waals surface area contributed by atoms with Crippen molar-refractivity contribution in [3.05, 3.63) is 29.8 Å². The SMILES string of the molecule is COc1ccc(CCCNC(=O)[C@H]2C[C@H](N)[C@@H](O)C2)cc1. The summed E-state index contributed by atoms with van der Waals surface area (Å²) >= 11 is 0. The number of amides is 1. The predicted molar refractivity (Wildman–Crippen MR) is 81.0 cm³/mol. The molecule has 1 aliphatic carbocycles. The average molecular weight is 292 g/mol. The number of ether oxygens (including phenoxy) is 1. The number of hydrogen-bond acceptors (Lipinski definition) is 4. The van der Waals surface area contributed by atoms with Crippen molar-refractivity contribution in [2.45, 2.75) is 37.8 Å². The van der Waals surface area contributed by atoms with Gasteiger partial charge < -0.3 is 20.9 Å². The highest BCUT2D eigenvalue weighted by atomic mass is 16.5. The first-order valence-corrected chi connectivity index (χ1v) is 7.44. The lowest BCUT2D eigenvalue weighted by Crippen LogP contribution is -2.31. The monoisotopic (exact) mass is 292 g/mol. The van der Waals surface area contributed by atoms with Gasteiger partial charge in [-0.05, 0) is 43.4 Å². The first kappa shape index (κ1) is 15.8. The Morgan fingerprint density at radius 2 is 2.10 bits per heavy atom. The van der Waals surface area contributed by atoms with Crippen molar-refractivity contribution >= 4 is 5.91 Å². The second-order valence-electron chi connectivity index (χ2n) is 5.64. The van der Waals surface area contributed by atoms with Gasteiger partial charge in [-0.15, -0.1) is 0 Å². The van der Waals surface area contributed by atoms with Crippen LogP contribution < -0.4 is 15.8 Å². The number of methoxy groups -OCH3 is 1. The van der Waals surface area contributed by atoms with Gasteiger partial charge in [0.2, 0.25) is 5.91 Å². The van der Waals surface area contributed by atoms with Crippen molar-refractivity contribution in [2.75, 3.05) is 13.7 Å². The lowest BCUT2D eigenvalue weighted by atomic mass is 10.1. The van der Waals surface area contributed by atoms with Crippen LogP contribution >= 0.6 is 0 Å². The maximum absolute atomic E-state index is 11.9. The van der Waals surface area contributed by atoms with Gasteiger partial charge in [0.05, 0.1) is 13.2 Å². The number of aliphatic hydroxyl groups is 1. The van der Waals surface area contributed by atoms with E-state index in [0.29, 0.717) is 19.4 Å². The molecule has 5 heteroatoms. The molecule has 5 nitrogen and oxygen atoms in total. The molecule has 4 N–H and O–H groups in total. The van der Waals surface area contributed by atoms with Gasteiger partial charge in [-0.1, -0.05) is 12.1 Å². The summed E-state index contributed by atoms with van der Waals surface area (Å²) in [5.41, 5.74) is 6.95. The van der Waals surface area contributed by atoms with Crippen LogP contribution in [0.15, 0.2) is 24.3 Å². The smallest absolute Gasteiger partial charge is 0.223 e. The molecule has 0 unspecified atom stereocenters. The standard InChI is InChI=1S/C16H24N2O3/c1-21-13-6-4-11(5-7-13)3-2-8-18-16(20)12-9-14(17)15(19)10-12/h4-7,12,14-15,19H,2-3,8-10,17H2,1H3,(H,18,20)/t12-,14-,15-/m0/s1. The molecular formula is C16H24N2O3. The molecule has 1 aromatic rings. The minimum Gasteiger partial charge on any atom is -0.497 e. The van der Waals surface area contributed by atoms with Gasteiger partial charge in [0, 0.05) is 18.5 Å². The number of benzene rings is 1. The quantitative estimate of drug-likeness (QED) is 0.678. The Morgan fingerprint density at radius 1 is 1.38 bits per heavy atom. The van der Waals surface area contributed by atoms with E-state index in [-0.39, 0.29) is 17.9 Å². The van der Waals surface area contributed by atoms with Gasteiger partial charge in [0.1, 0.15) is 5.75 Å². The van der Waals surface area contributed by atoms with Crippen LogP contribution in [0.5, 0.6) is 5.75 Å². The molecule has 2 rings (SSSR count). The van der Waals surface area contributed by atoms with Crippen LogP contribution in [-0.4, -0.2) is 36.8 Å². The second kappa shape index (κ2) is 7.43. The molecule has 0 heterocycles. The highest BCUT2D eigenvalue weighted by Crippen LogP contribution is 2.24. The first-order valence-electron chi connectivity index (χ1n) is 7.44. The molecule has 0 radical (unpaired) electrons. The summed E-state index contributed by atoms with van der Waals surface area (Å²) in [6, 6.07) is 7.69. The first-order chi connectivity index (χ1) is 10.1. The fourth-order valence-corrected chi connectivity index (χ4v) is 2.70. The molecule has 3 atom stereocenters. The Morgan fingerprint density at radius 3 is 2.67 bits per heavy atom. The fraction of sp³-hybridized carbons (Fsp3) is 0.562. The summed E-state index contributed by atoms with van der Waals surface area (Å²) in [7, 11) is 1.65. The zero-order valence-corrected chi connectivity index (χ0v) is 12.4. The van der Waals surface area contributed by atoms with Crippen molar-refractivity contribution < 1.29 is 14.6 Å². The molecule has 1 aromatic carbocycles.